The minimum atomic E-state index is 0. The smallest absolute Gasteiger partial charge is 0.179 e. The van der Waals surface area contributed by atoms with E-state index in [1.807, 2.05) is 12.1 Å². The summed E-state index contributed by atoms with van der Waals surface area (Å²) >= 11 is 6.39. The fraction of sp³-hybridized carbons (Fsp3) is 0.571. The Morgan fingerprint density at radius 1 is 1.35 bits per heavy atom. The minimum Gasteiger partial charge on any atom is -0.493 e. The van der Waals surface area contributed by atoms with Crippen molar-refractivity contribution in [3.63, 3.8) is 0 Å². The molecule has 0 amide bonds. The number of hydrogen-bond donors (Lipinski definition) is 1. The second-order valence-electron chi connectivity index (χ2n) is 4.91. The van der Waals surface area contributed by atoms with Gasteiger partial charge in [0.2, 0.25) is 0 Å². The van der Waals surface area contributed by atoms with Crippen molar-refractivity contribution in [1.82, 2.24) is 4.90 Å². The molecule has 1 unspecified atom stereocenters. The number of ether oxygens (including phenoxy) is 2. The molecule has 1 aromatic rings. The molecule has 1 fully saturated rings. The highest BCUT2D eigenvalue weighted by Crippen LogP contribution is 2.37. The highest BCUT2D eigenvalue weighted by Gasteiger charge is 2.19. The second kappa shape index (κ2) is 7.93. The summed E-state index contributed by atoms with van der Waals surface area (Å²) in [6.07, 6.45) is 2.25. The van der Waals surface area contributed by atoms with Gasteiger partial charge < -0.3 is 15.2 Å². The van der Waals surface area contributed by atoms with Crippen molar-refractivity contribution in [3.8, 4) is 11.5 Å². The van der Waals surface area contributed by atoms with Crippen LogP contribution < -0.4 is 15.2 Å². The molecule has 4 nitrogen and oxygen atoms in total. The monoisotopic (exact) mass is 320 g/mol. The van der Waals surface area contributed by atoms with Gasteiger partial charge in [0.25, 0.3) is 0 Å². The highest BCUT2D eigenvalue weighted by molar-refractivity contribution is 6.33. The van der Waals surface area contributed by atoms with E-state index in [2.05, 4.69) is 4.90 Å². The Bertz CT molecular complexity index is 443. The molecule has 20 heavy (non-hydrogen) atoms. The Morgan fingerprint density at radius 2 is 2.10 bits per heavy atom. The van der Waals surface area contributed by atoms with Crippen molar-refractivity contribution in [2.24, 2.45) is 5.73 Å². The number of halogens is 2. The predicted octanol–water partition coefficient (Wildman–Crippen LogP) is 2.70. The molecule has 1 aromatic carbocycles. The van der Waals surface area contributed by atoms with Crippen LogP contribution in [0.5, 0.6) is 11.5 Å². The Morgan fingerprint density at radius 3 is 2.70 bits per heavy atom. The zero-order valence-electron chi connectivity index (χ0n) is 11.9. The predicted molar refractivity (Wildman–Crippen MR) is 84.3 cm³/mol. The third kappa shape index (κ3) is 3.92. The van der Waals surface area contributed by atoms with Gasteiger partial charge in [0.05, 0.1) is 19.2 Å². The largest absolute Gasteiger partial charge is 0.493 e. The Balaban J connectivity index is 0.00000200. The number of rotatable bonds is 4. The molecule has 114 valence electrons. The molecule has 2 N–H and O–H groups in total. The van der Waals surface area contributed by atoms with E-state index in [1.165, 1.54) is 0 Å². The normalized spacial score (nSPS) is 19.3. The number of hydrogen-bond acceptors (Lipinski definition) is 4. The molecule has 0 bridgehead atoms. The van der Waals surface area contributed by atoms with Crippen molar-refractivity contribution in [2.45, 2.75) is 25.4 Å². The third-order valence-corrected chi connectivity index (χ3v) is 3.92. The van der Waals surface area contributed by atoms with Gasteiger partial charge in [-0.1, -0.05) is 17.7 Å². The lowest BCUT2D eigenvalue weighted by atomic mass is 10.1. The van der Waals surface area contributed by atoms with Crippen LogP contribution in [0.1, 0.15) is 18.4 Å². The number of nitrogens with two attached hydrogens (primary N) is 1. The summed E-state index contributed by atoms with van der Waals surface area (Å²) in [4.78, 5) is 2.33. The van der Waals surface area contributed by atoms with Crippen LogP contribution in [0.3, 0.4) is 0 Å². The first kappa shape index (κ1) is 17.4. The van der Waals surface area contributed by atoms with E-state index in [-0.39, 0.29) is 18.4 Å². The van der Waals surface area contributed by atoms with Gasteiger partial charge in [-0.05, 0) is 31.0 Å². The lowest BCUT2D eigenvalue weighted by Crippen LogP contribution is -2.42. The molecule has 0 aromatic heterocycles. The van der Waals surface area contributed by atoms with Crippen LogP contribution in [-0.2, 0) is 6.54 Å². The SMILES string of the molecule is COc1ccc(CN2CCCC(N)C2)c(Cl)c1OC.Cl. The average Bonchev–Trinajstić information content (AvgIpc) is 2.41. The first-order chi connectivity index (χ1) is 9.15. The number of likely N-dealkylation sites (tertiary alicyclic amines) is 1. The van der Waals surface area contributed by atoms with Crippen LogP contribution in [-0.4, -0.2) is 38.3 Å². The summed E-state index contributed by atoms with van der Waals surface area (Å²) in [6, 6.07) is 4.15. The Labute approximate surface area is 131 Å². The summed E-state index contributed by atoms with van der Waals surface area (Å²) in [5, 5.41) is 0.626. The van der Waals surface area contributed by atoms with Crippen LogP contribution in [0.2, 0.25) is 5.02 Å². The van der Waals surface area contributed by atoms with Crippen LogP contribution in [0.25, 0.3) is 0 Å². The van der Waals surface area contributed by atoms with Gasteiger partial charge in [-0.3, -0.25) is 4.90 Å². The van der Waals surface area contributed by atoms with Gasteiger partial charge in [0.1, 0.15) is 0 Å². The lowest BCUT2D eigenvalue weighted by molar-refractivity contribution is 0.201. The molecule has 6 heteroatoms. The molecule has 1 heterocycles. The van der Waals surface area contributed by atoms with E-state index in [4.69, 9.17) is 26.8 Å². The first-order valence-electron chi connectivity index (χ1n) is 6.53. The maximum atomic E-state index is 6.39. The van der Waals surface area contributed by atoms with E-state index in [0.29, 0.717) is 16.5 Å². The zero-order chi connectivity index (χ0) is 13.8. The fourth-order valence-corrected chi connectivity index (χ4v) is 2.82. The Kier molecular flexibility index (Phi) is 6.89. The molecule has 1 aliphatic rings. The summed E-state index contributed by atoms with van der Waals surface area (Å²) in [6.45, 7) is 2.79. The lowest BCUT2D eigenvalue weighted by Gasteiger charge is -2.31. The van der Waals surface area contributed by atoms with Gasteiger partial charge >= 0.3 is 0 Å². The summed E-state index contributed by atoms with van der Waals surface area (Å²) in [5.41, 5.74) is 7.05. The number of benzene rings is 1. The van der Waals surface area contributed by atoms with Gasteiger partial charge in [0.15, 0.2) is 11.5 Å². The van der Waals surface area contributed by atoms with Crippen molar-refractivity contribution >= 4 is 24.0 Å². The molecule has 2 rings (SSSR count). The van der Waals surface area contributed by atoms with E-state index < -0.39 is 0 Å². The maximum absolute atomic E-state index is 6.39. The van der Waals surface area contributed by atoms with Crippen molar-refractivity contribution < 1.29 is 9.47 Å². The molecule has 1 aliphatic heterocycles. The maximum Gasteiger partial charge on any atom is 0.179 e. The quantitative estimate of drug-likeness (QED) is 0.926. The third-order valence-electron chi connectivity index (χ3n) is 3.50. The standard InChI is InChI=1S/C14H21ClN2O2.ClH/c1-18-12-6-5-10(13(15)14(12)19-2)8-17-7-3-4-11(16)9-17;/h5-6,11H,3-4,7-9,16H2,1-2H3;1H. The highest BCUT2D eigenvalue weighted by atomic mass is 35.5. The fourth-order valence-electron chi connectivity index (χ4n) is 2.53. The van der Waals surface area contributed by atoms with Crippen molar-refractivity contribution in [3.05, 3.63) is 22.7 Å². The molecule has 1 saturated heterocycles. The average molecular weight is 321 g/mol. The van der Waals surface area contributed by atoms with E-state index >= 15 is 0 Å². The van der Waals surface area contributed by atoms with E-state index in [1.54, 1.807) is 14.2 Å². The molecule has 0 aliphatic carbocycles. The number of methoxy groups -OCH3 is 2. The second-order valence-corrected chi connectivity index (χ2v) is 5.29. The minimum absolute atomic E-state index is 0. The van der Waals surface area contributed by atoms with Crippen molar-refractivity contribution in [2.75, 3.05) is 27.3 Å². The van der Waals surface area contributed by atoms with Crippen molar-refractivity contribution in [1.29, 1.82) is 0 Å². The molecule has 0 spiro atoms. The summed E-state index contributed by atoms with van der Waals surface area (Å²) in [7, 11) is 3.21. The van der Waals surface area contributed by atoms with Gasteiger partial charge in [-0.2, -0.15) is 0 Å². The molecule has 0 saturated carbocycles. The van der Waals surface area contributed by atoms with Crippen LogP contribution in [0, 0.1) is 0 Å². The van der Waals surface area contributed by atoms with Crippen LogP contribution in [0.15, 0.2) is 12.1 Å². The summed E-state index contributed by atoms with van der Waals surface area (Å²) < 4.78 is 10.6. The van der Waals surface area contributed by atoms with Crippen LogP contribution in [0.4, 0.5) is 0 Å². The topological polar surface area (TPSA) is 47.7 Å². The first-order valence-corrected chi connectivity index (χ1v) is 6.90. The number of nitrogens with zero attached hydrogens (tertiary/aromatic N) is 1. The molecule has 0 radical (unpaired) electrons. The number of piperidine rings is 1. The molecular formula is C14H22Cl2N2O2. The van der Waals surface area contributed by atoms with E-state index in [9.17, 15) is 0 Å². The van der Waals surface area contributed by atoms with Crippen LogP contribution >= 0.6 is 24.0 Å². The van der Waals surface area contributed by atoms with Gasteiger partial charge in [-0.25, -0.2) is 0 Å². The molecular weight excluding hydrogens is 299 g/mol. The summed E-state index contributed by atoms with van der Waals surface area (Å²) in [5.74, 6) is 1.26. The van der Waals surface area contributed by atoms with Gasteiger partial charge in [-0.15, -0.1) is 12.4 Å². The Hall–Kier alpha value is -0.680. The molecule has 1 atom stereocenters. The zero-order valence-corrected chi connectivity index (χ0v) is 13.5. The van der Waals surface area contributed by atoms with E-state index in [0.717, 1.165) is 38.0 Å². The van der Waals surface area contributed by atoms with Gasteiger partial charge in [0, 0.05) is 19.1 Å².